The summed E-state index contributed by atoms with van der Waals surface area (Å²) >= 11 is 0. The van der Waals surface area contributed by atoms with Gasteiger partial charge in [0.15, 0.2) is 0 Å². The average Bonchev–Trinajstić information content (AvgIpc) is 2.97. The third-order valence-corrected chi connectivity index (χ3v) is 4.78. The minimum absolute atomic E-state index is 0.200. The fourth-order valence-electron chi connectivity index (χ4n) is 3.66. The largest absolute Gasteiger partial charge is 0.382 e. The van der Waals surface area contributed by atoms with Crippen LogP contribution in [0.15, 0.2) is 30.3 Å². The van der Waals surface area contributed by atoms with Crippen molar-refractivity contribution in [1.82, 2.24) is 4.90 Å². The Kier molecular flexibility index (Phi) is 5.11. The molecule has 0 aliphatic carbocycles. The zero-order chi connectivity index (χ0) is 15.4. The molecule has 4 heteroatoms. The lowest BCUT2D eigenvalue weighted by Gasteiger charge is -2.35. The number of carbonyl (C=O) groups excluding carboxylic acids is 1. The van der Waals surface area contributed by atoms with Crippen molar-refractivity contribution >= 4 is 5.91 Å². The van der Waals surface area contributed by atoms with Crippen LogP contribution >= 0.6 is 0 Å². The fourth-order valence-corrected chi connectivity index (χ4v) is 3.66. The van der Waals surface area contributed by atoms with Crippen LogP contribution in [-0.2, 0) is 20.7 Å². The van der Waals surface area contributed by atoms with Crippen molar-refractivity contribution in [2.24, 2.45) is 0 Å². The second-order valence-corrected chi connectivity index (χ2v) is 6.26. The molecule has 2 fully saturated rings. The summed E-state index contributed by atoms with van der Waals surface area (Å²) < 4.78 is 11.3. The van der Waals surface area contributed by atoms with Gasteiger partial charge in [0.05, 0.1) is 24.9 Å². The Balaban J connectivity index is 1.52. The smallest absolute Gasteiger partial charge is 0.223 e. The molecule has 1 aromatic carbocycles. The van der Waals surface area contributed by atoms with Gasteiger partial charge in [0.25, 0.3) is 0 Å². The molecule has 4 nitrogen and oxygen atoms in total. The number of carbonyl (C=O) groups is 1. The minimum atomic E-state index is 0.200. The molecular formula is C18H25NO3. The Labute approximate surface area is 132 Å². The molecule has 120 valence electrons. The highest BCUT2D eigenvalue weighted by atomic mass is 16.5. The first-order chi connectivity index (χ1) is 10.8. The molecule has 1 aromatic rings. The SMILES string of the molecule is COC[C@@H]1CC[C@@H]2[C@@H](CCN2C(=O)CCc2ccccc2)O1. The van der Waals surface area contributed by atoms with Crippen LogP contribution in [0.25, 0.3) is 0 Å². The Hall–Kier alpha value is -1.39. The maximum Gasteiger partial charge on any atom is 0.223 e. The highest BCUT2D eigenvalue weighted by molar-refractivity contribution is 5.77. The third kappa shape index (κ3) is 3.50. The molecule has 2 aliphatic rings. The maximum absolute atomic E-state index is 12.5. The van der Waals surface area contributed by atoms with Crippen LogP contribution in [0, 0.1) is 0 Å². The zero-order valence-corrected chi connectivity index (χ0v) is 13.2. The molecule has 0 unspecified atom stereocenters. The summed E-state index contributed by atoms with van der Waals surface area (Å²) in [6, 6.07) is 10.5. The number of benzene rings is 1. The summed E-state index contributed by atoms with van der Waals surface area (Å²) in [5.41, 5.74) is 1.23. The van der Waals surface area contributed by atoms with E-state index in [0.29, 0.717) is 13.0 Å². The molecule has 0 aromatic heterocycles. The zero-order valence-electron chi connectivity index (χ0n) is 13.2. The number of aryl methyl sites for hydroxylation is 1. The molecule has 0 radical (unpaired) electrons. The Morgan fingerprint density at radius 3 is 2.86 bits per heavy atom. The number of amides is 1. The normalized spacial score (nSPS) is 27.7. The molecule has 0 N–H and O–H groups in total. The highest BCUT2D eigenvalue weighted by Gasteiger charge is 2.41. The number of likely N-dealkylation sites (tertiary alicyclic amines) is 1. The Morgan fingerprint density at radius 1 is 1.27 bits per heavy atom. The summed E-state index contributed by atoms with van der Waals surface area (Å²) in [5, 5.41) is 0. The van der Waals surface area contributed by atoms with Gasteiger partial charge in [-0.1, -0.05) is 30.3 Å². The van der Waals surface area contributed by atoms with Crippen LogP contribution in [0.4, 0.5) is 0 Å². The van der Waals surface area contributed by atoms with Crippen LogP contribution in [-0.4, -0.2) is 49.3 Å². The van der Waals surface area contributed by atoms with Gasteiger partial charge in [-0.05, 0) is 31.2 Å². The van der Waals surface area contributed by atoms with E-state index < -0.39 is 0 Å². The molecule has 22 heavy (non-hydrogen) atoms. The highest BCUT2D eigenvalue weighted by Crippen LogP contribution is 2.32. The van der Waals surface area contributed by atoms with E-state index in [4.69, 9.17) is 9.47 Å². The van der Waals surface area contributed by atoms with E-state index in [1.807, 2.05) is 18.2 Å². The number of rotatable bonds is 5. The molecule has 2 saturated heterocycles. The Morgan fingerprint density at radius 2 is 2.09 bits per heavy atom. The van der Waals surface area contributed by atoms with Gasteiger partial charge in [-0.2, -0.15) is 0 Å². The van der Waals surface area contributed by atoms with Crippen molar-refractivity contribution in [1.29, 1.82) is 0 Å². The summed E-state index contributed by atoms with van der Waals surface area (Å²) in [7, 11) is 1.71. The summed E-state index contributed by atoms with van der Waals surface area (Å²) in [6.45, 7) is 1.49. The topological polar surface area (TPSA) is 38.8 Å². The number of nitrogens with zero attached hydrogens (tertiary/aromatic N) is 1. The van der Waals surface area contributed by atoms with Crippen molar-refractivity contribution in [2.45, 2.75) is 50.4 Å². The van der Waals surface area contributed by atoms with Gasteiger partial charge < -0.3 is 14.4 Å². The molecular weight excluding hydrogens is 278 g/mol. The summed E-state index contributed by atoms with van der Waals surface area (Å²) in [6.07, 6.45) is 4.80. The van der Waals surface area contributed by atoms with Crippen LogP contribution in [0.3, 0.4) is 0 Å². The number of ether oxygens (including phenoxy) is 2. The van der Waals surface area contributed by atoms with Crippen molar-refractivity contribution in [2.75, 3.05) is 20.3 Å². The number of methoxy groups -OCH3 is 1. The van der Waals surface area contributed by atoms with Crippen LogP contribution in [0.2, 0.25) is 0 Å². The van der Waals surface area contributed by atoms with Crippen LogP contribution < -0.4 is 0 Å². The molecule has 0 saturated carbocycles. The standard InChI is InChI=1S/C18H25NO3/c1-21-13-15-8-9-16-17(22-15)11-12-19(16)18(20)10-7-14-5-3-2-4-6-14/h2-6,15-17H,7-13H2,1H3/t15-,16+,17+/m0/s1. The molecule has 0 bridgehead atoms. The van der Waals surface area contributed by atoms with E-state index >= 15 is 0 Å². The molecule has 3 rings (SSSR count). The predicted molar refractivity (Wildman–Crippen MR) is 84.7 cm³/mol. The van der Waals surface area contributed by atoms with E-state index in [9.17, 15) is 4.79 Å². The summed E-state index contributed by atoms with van der Waals surface area (Å²) in [5.74, 6) is 0.269. The van der Waals surface area contributed by atoms with Gasteiger partial charge in [-0.3, -0.25) is 4.79 Å². The van der Waals surface area contributed by atoms with Gasteiger partial charge in [-0.15, -0.1) is 0 Å². The Bertz CT molecular complexity index is 490. The average molecular weight is 303 g/mol. The third-order valence-electron chi connectivity index (χ3n) is 4.78. The lowest BCUT2D eigenvalue weighted by molar-refractivity contribution is -0.138. The van der Waals surface area contributed by atoms with Gasteiger partial charge in [0.1, 0.15) is 0 Å². The van der Waals surface area contributed by atoms with Crippen molar-refractivity contribution in [3.05, 3.63) is 35.9 Å². The molecule has 2 aliphatic heterocycles. The molecule has 2 heterocycles. The molecule has 1 amide bonds. The van der Waals surface area contributed by atoms with E-state index in [0.717, 1.165) is 32.2 Å². The number of hydrogen-bond acceptors (Lipinski definition) is 3. The van der Waals surface area contributed by atoms with Crippen LogP contribution in [0.1, 0.15) is 31.2 Å². The van der Waals surface area contributed by atoms with E-state index in [1.54, 1.807) is 7.11 Å². The van der Waals surface area contributed by atoms with Gasteiger partial charge >= 0.3 is 0 Å². The first-order valence-corrected chi connectivity index (χ1v) is 8.25. The number of fused-ring (bicyclic) bond motifs is 1. The van der Waals surface area contributed by atoms with Crippen LogP contribution in [0.5, 0.6) is 0 Å². The first kappa shape index (κ1) is 15.5. The summed E-state index contributed by atoms with van der Waals surface area (Å²) in [4.78, 5) is 14.6. The van der Waals surface area contributed by atoms with Crippen molar-refractivity contribution in [3.8, 4) is 0 Å². The van der Waals surface area contributed by atoms with E-state index in [1.165, 1.54) is 5.56 Å². The second-order valence-electron chi connectivity index (χ2n) is 6.26. The van der Waals surface area contributed by atoms with Gasteiger partial charge in [0.2, 0.25) is 5.91 Å². The lowest BCUT2D eigenvalue weighted by Crippen LogP contribution is -2.45. The van der Waals surface area contributed by atoms with Gasteiger partial charge in [0, 0.05) is 20.1 Å². The van der Waals surface area contributed by atoms with Crippen molar-refractivity contribution < 1.29 is 14.3 Å². The first-order valence-electron chi connectivity index (χ1n) is 8.25. The fraction of sp³-hybridized carbons (Fsp3) is 0.611. The monoisotopic (exact) mass is 303 g/mol. The number of hydrogen-bond donors (Lipinski definition) is 0. The second kappa shape index (κ2) is 7.25. The van der Waals surface area contributed by atoms with Crippen molar-refractivity contribution in [3.63, 3.8) is 0 Å². The van der Waals surface area contributed by atoms with E-state index in [2.05, 4.69) is 17.0 Å². The minimum Gasteiger partial charge on any atom is -0.382 e. The maximum atomic E-state index is 12.5. The lowest BCUT2D eigenvalue weighted by atomic mass is 9.99. The quantitative estimate of drug-likeness (QED) is 0.838. The van der Waals surface area contributed by atoms with E-state index in [-0.39, 0.29) is 24.2 Å². The van der Waals surface area contributed by atoms with Gasteiger partial charge in [-0.25, -0.2) is 0 Å². The molecule has 3 atom stereocenters. The predicted octanol–water partition coefficient (Wildman–Crippen LogP) is 2.41. The molecule has 0 spiro atoms.